The molecular weight excluding hydrogens is 212 g/mol. The van der Waals surface area contributed by atoms with Gasteiger partial charge in [0.1, 0.15) is 0 Å². The third-order valence-corrected chi connectivity index (χ3v) is 1.96. The van der Waals surface area contributed by atoms with Gasteiger partial charge >= 0.3 is 5.97 Å². The Labute approximate surface area is 93.6 Å². The summed E-state index contributed by atoms with van der Waals surface area (Å²) in [6, 6.07) is 2.74. The predicted octanol–water partition coefficient (Wildman–Crippen LogP) is 1.59. The second kappa shape index (κ2) is 5.25. The van der Waals surface area contributed by atoms with Crippen molar-refractivity contribution in [2.45, 2.75) is 6.92 Å². The van der Waals surface area contributed by atoms with Crippen LogP contribution in [0.15, 0.2) is 12.1 Å². The molecule has 0 fully saturated rings. The Morgan fingerprint density at radius 3 is 2.56 bits per heavy atom. The Hall–Kier alpha value is -1.91. The van der Waals surface area contributed by atoms with E-state index in [1.807, 2.05) is 0 Å². The van der Waals surface area contributed by atoms with E-state index in [9.17, 15) is 9.90 Å². The van der Waals surface area contributed by atoms with Crippen molar-refractivity contribution in [2.24, 2.45) is 0 Å². The number of hydrogen-bond acceptors (Lipinski definition) is 5. The lowest BCUT2D eigenvalue weighted by Crippen LogP contribution is -2.03. The van der Waals surface area contributed by atoms with E-state index < -0.39 is 5.97 Å². The topological polar surface area (TPSA) is 65.0 Å². The number of carbonyl (C=O) groups is 1. The van der Waals surface area contributed by atoms with Crippen LogP contribution in [-0.2, 0) is 4.74 Å². The van der Waals surface area contributed by atoms with E-state index in [4.69, 9.17) is 9.47 Å². The number of benzene rings is 1. The summed E-state index contributed by atoms with van der Waals surface area (Å²) in [6.45, 7) is 2.20. The first-order chi connectivity index (χ1) is 7.63. The van der Waals surface area contributed by atoms with Crippen LogP contribution < -0.4 is 9.47 Å². The largest absolute Gasteiger partial charge is 0.504 e. The van der Waals surface area contributed by atoms with Crippen LogP contribution in [0.25, 0.3) is 0 Å². The lowest BCUT2D eigenvalue weighted by atomic mass is 10.2. The molecule has 0 spiro atoms. The second-order valence-electron chi connectivity index (χ2n) is 2.95. The van der Waals surface area contributed by atoms with Crippen LogP contribution in [0.4, 0.5) is 0 Å². The van der Waals surface area contributed by atoms with Gasteiger partial charge < -0.3 is 19.3 Å². The van der Waals surface area contributed by atoms with Crippen molar-refractivity contribution in [2.75, 3.05) is 20.8 Å². The van der Waals surface area contributed by atoms with Gasteiger partial charge in [0, 0.05) is 0 Å². The molecule has 0 bridgehead atoms. The zero-order chi connectivity index (χ0) is 12.1. The molecule has 1 rings (SSSR count). The molecule has 5 heteroatoms. The molecular formula is C11H14O5. The Morgan fingerprint density at radius 2 is 2.06 bits per heavy atom. The van der Waals surface area contributed by atoms with Gasteiger partial charge in [-0.2, -0.15) is 0 Å². The number of esters is 1. The summed E-state index contributed by atoms with van der Waals surface area (Å²) in [6.07, 6.45) is 0. The Kier molecular flexibility index (Phi) is 3.99. The van der Waals surface area contributed by atoms with Crippen LogP contribution in [-0.4, -0.2) is 31.9 Å². The number of aromatic hydroxyl groups is 1. The van der Waals surface area contributed by atoms with Gasteiger partial charge in [0.15, 0.2) is 11.5 Å². The highest BCUT2D eigenvalue weighted by atomic mass is 16.5. The van der Waals surface area contributed by atoms with Crippen molar-refractivity contribution in [3.05, 3.63) is 17.7 Å². The van der Waals surface area contributed by atoms with E-state index >= 15 is 0 Å². The average molecular weight is 226 g/mol. The number of methoxy groups -OCH3 is 2. The molecule has 1 aromatic rings. The van der Waals surface area contributed by atoms with Crippen molar-refractivity contribution in [1.82, 2.24) is 0 Å². The molecule has 0 unspecified atom stereocenters. The van der Waals surface area contributed by atoms with Crippen LogP contribution >= 0.6 is 0 Å². The maximum atomic E-state index is 11.3. The number of phenols is 1. The monoisotopic (exact) mass is 226 g/mol. The summed E-state index contributed by atoms with van der Waals surface area (Å²) in [5.74, 6) is -0.187. The molecule has 0 aliphatic carbocycles. The van der Waals surface area contributed by atoms with E-state index in [1.165, 1.54) is 26.4 Å². The molecule has 1 aromatic carbocycles. The van der Waals surface area contributed by atoms with Crippen molar-refractivity contribution in [1.29, 1.82) is 0 Å². The fourth-order valence-electron chi connectivity index (χ4n) is 1.29. The van der Waals surface area contributed by atoms with Crippen molar-refractivity contribution >= 4 is 5.97 Å². The molecule has 16 heavy (non-hydrogen) atoms. The SMILES string of the molecule is CCOc1cc(C(=O)OC)cc(O)c1OC. The number of hydrogen-bond donors (Lipinski definition) is 1. The fraction of sp³-hybridized carbons (Fsp3) is 0.364. The van der Waals surface area contributed by atoms with Gasteiger partial charge in [0.05, 0.1) is 26.4 Å². The Morgan fingerprint density at radius 1 is 1.38 bits per heavy atom. The fourth-order valence-corrected chi connectivity index (χ4v) is 1.29. The second-order valence-corrected chi connectivity index (χ2v) is 2.95. The van der Waals surface area contributed by atoms with Gasteiger partial charge in [0.25, 0.3) is 0 Å². The third-order valence-electron chi connectivity index (χ3n) is 1.96. The lowest BCUT2D eigenvalue weighted by Gasteiger charge is -2.12. The van der Waals surface area contributed by atoms with Crippen LogP contribution in [0.5, 0.6) is 17.2 Å². The number of ether oxygens (including phenoxy) is 3. The van der Waals surface area contributed by atoms with Crippen LogP contribution in [0.3, 0.4) is 0 Å². The maximum Gasteiger partial charge on any atom is 0.338 e. The summed E-state index contributed by atoms with van der Waals surface area (Å²) in [5.41, 5.74) is 0.212. The van der Waals surface area contributed by atoms with E-state index in [0.29, 0.717) is 12.4 Å². The number of rotatable bonds is 4. The van der Waals surface area contributed by atoms with Crippen molar-refractivity contribution < 1.29 is 24.1 Å². The highest BCUT2D eigenvalue weighted by Gasteiger charge is 2.16. The van der Waals surface area contributed by atoms with E-state index in [1.54, 1.807) is 6.92 Å². The molecule has 5 nitrogen and oxygen atoms in total. The van der Waals surface area contributed by atoms with Gasteiger partial charge in [-0.3, -0.25) is 0 Å². The Balaban J connectivity index is 3.22. The zero-order valence-electron chi connectivity index (χ0n) is 9.44. The molecule has 0 aliphatic rings. The highest BCUT2D eigenvalue weighted by molar-refractivity contribution is 5.91. The smallest absolute Gasteiger partial charge is 0.338 e. The first-order valence-corrected chi connectivity index (χ1v) is 4.76. The Bertz CT molecular complexity index is 386. The van der Waals surface area contributed by atoms with Gasteiger partial charge in [-0.25, -0.2) is 4.79 Å². The zero-order valence-corrected chi connectivity index (χ0v) is 9.44. The minimum absolute atomic E-state index is 0.158. The number of carbonyl (C=O) groups excluding carboxylic acids is 1. The summed E-state index contributed by atoms with van der Waals surface area (Å²) < 4.78 is 14.8. The summed E-state index contributed by atoms with van der Waals surface area (Å²) in [5, 5.41) is 9.63. The molecule has 0 saturated carbocycles. The minimum atomic E-state index is -0.543. The van der Waals surface area contributed by atoms with Crippen LogP contribution in [0, 0.1) is 0 Å². The minimum Gasteiger partial charge on any atom is -0.504 e. The normalized spacial score (nSPS) is 9.69. The standard InChI is InChI=1S/C11H14O5/c1-4-16-9-6-7(11(13)15-3)5-8(12)10(9)14-2/h5-6,12H,4H2,1-3H3. The first kappa shape index (κ1) is 12.2. The van der Waals surface area contributed by atoms with Gasteiger partial charge in [-0.05, 0) is 19.1 Å². The average Bonchev–Trinajstić information content (AvgIpc) is 2.28. The van der Waals surface area contributed by atoms with Crippen molar-refractivity contribution in [3.8, 4) is 17.2 Å². The van der Waals surface area contributed by atoms with Crippen LogP contribution in [0.1, 0.15) is 17.3 Å². The molecule has 88 valence electrons. The molecule has 0 amide bonds. The molecule has 0 aliphatic heterocycles. The predicted molar refractivity (Wildman–Crippen MR) is 57.2 cm³/mol. The van der Waals surface area contributed by atoms with Gasteiger partial charge in [-0.1, -0.05) is 0 Å². The molecule has 0 atom stereocenters. The van der Waals surface area contributed by atoms with E-state index in [0.717, 1.165) is 0 Å². The summed E-state index contributed by atoms with van der Waals surface area (Å²) >= 11 is 0. The third kappa shape index (κ3) is 2.36. The summed E-state index contributed by atoms with van der Waals surface area (Å²) in [4.78, 5) is 11.3. The molecule has 0 saturated heterocycles. The van der Waals surface area contributed by atoms with E-state index in [-0.39, 0.29) is 17.1 Å². The number of phenolic OH excluding ortho intramolecular Hbond substituents is 1. The molecule has 0 radical (unpaired) electrons. The van der Waals surface area contributed by atoms with Gasteiger partial charge in [-0.15, -0.1) is 0 Å². The molecule has 1 N–H and O–H groups in total. The van der Waals surface area contributed by atoms with E-state index in [2.05, 4.69) is 4.74 Å². The van der Waals surface area contributed by atoms with Crippen molar-refractivity contribution in [3.63, 3.8) is 0 Å². The van der Waals surface area contributed by atoms with Crippen LogP contribution in [0.2, 0.25) is 0 Å². The molecule has 0 aromatic heterocycles. The first-order valence-electron chi connectivity index (χ1n) is 4.76. The summed E-state index contributed by atoms with van der Waals surface area (Å²) in [7, 11) is 2.68. The quantitative estimate of drug-likeness (QED) is 0.790. The molecule has 0 heterocycles. The lowest BCUT2D eigenvalue weighted by molar-refractivity contribution is 0.0599. The maximum absolute atomic E-state index is 11.3. The highest BCUT2D eigenvalue weighted by Crippen LogP contribution is 2.37. The van der Waals surface area contributed by atoms with Gasteiger partial charge in [0.2, 0.25) is 5.75 Å².